The number of aromatic nitrogens is 1. The molecule has 2 amide bonds. The summed E-state index contributed by atoms with van der Waals surface area (Å²) in [5, 5.41) is 3.86. The monoisotopic (exact) mass is 714 g/mol. The largest absolute Gasteiger partial charge is 0.492 e. The standard InChI is InChI=1S/C41H54N4O7/c1-6-7-8-17-32-37(50-20-13-19-44(3)4)31-16-11-12-18-33(31)42-38(32)51-30-24-34(40(47)49-5)45(25-30)39(46)36(43-41(48)52-35-21-26(35)2)29-22-27-14-9-10-15-28(27)23-29/h9-12,14-16,18,26,29-30,34-36H,6-8,13,17,19-25H2,1-5H3,(H,43,48)/t26?,30-,34+,35-,36+/m1/s1. The van der Waals surface area contributed by atoms with E-state index in [9.17, 15) is 14.4 Å². The smallest absolute Gasteiger partial charge is 0.408 e. The molecule has 0 radical (unpaired) electrons. The number of unbranched alkanes of at least 4 members (excludes halogenated alkanes) is 2. The molecule has 1 aromatic heterocycles. The molecule has 6 rings (SSSR count). The summed E-state index contributed by atoms with van der Waals surface area (Å²) < 4.78 is 24.1. The first-order valence-corrected chi connectivity index (χ1v) is 18.9. The number of ether oxygens (including phenoxy) is 4. The van der Waals surface area contributed by atoms with Crippen LogP contribution in [0.2, 0.25) is 0 Å². The lowest BCUT2D eigenvalue weighted by atomic mass is 9.95. The molecular weight excluding hydrogens is 660 g/mol. The van der Waals surface area contributed by atoms with E-state index in [0.717, 1.165) is 78.4 Å². The van der Waals surface area contributed by atoms with Crippen LogP contribution in [0, 0.1) is 11.8 Å². The summed E-state index contributed by atoms with van der Waals surface area (Å²) in [4.78, 5) is 49.7. The molecule has 1 saturated heterocycles. The second kappa shape index (κ2) is 17.0. The maximum atomic E-state index is 14.6. The van der Waals surface area contributed by atoms with Gasteiger partial charge in [0.05, 0.1) is 31.3 Å². The molecule has 2 heterocycles. The molecule has 1 aliphatic heterocycles. The third-order valence-corrected chi connectivity index (χ3v) is 10.6. The zero-order valence-electron chi connectivity index (χ0n) is 31.3. The molecule has 1 N–H and O–H groups in total. The Morgan fingerprint density at radius 2 is 1.71 bits per heavy atom. The van der Waals surface area contributed by atoms with E-state index in [1.807, 2.05) is 57.4 Å². The predicted octanol–water partition coefficient (Wildman–Crippen LogP) is 5.74. The fourth-order valence-electron chi connectivity index (χ4n) is 7.57. The number of amides is 2. The molecule has 0 bridgehead atoms. The number of rotatable bonds is 16. The summed E-state index contributed by atoms with van der Waals surface area (Å²) >= 11 is 0. The Kier molecular flexibility index (Phi) is 12.2. The van der Waals surface area contributed by atoms with Crippen molar-refractivity contribution >= 4 is 28.9 Å². The Balaban J connectivity index is 1.28. The molecule has 5 atom stereocenters. The molecule has 3 aliphatic rings. The van der Waals surface area contributed by atoms with Crippen LogP contribution in [0.15, 0.2) is 48.5 Å². The van der Waals surface area contributed by atoms with Gasteiger partial charge in [-0.05, 0) is 87.7 Å². The van der Waals surface area contributed by atoms with Crippen LogP contribution < -0.4 is 14.8 Å². The summed E-state index contributed by atoms with van der Waals surface area (Å²) in [5.41, 5.74) is 3.96. The molecule has 52 heavy (non-hydrogen) atoms. The van der Waals surface area contributed by atoms with Gasteiger partial charge in [-0.2, -0.15) is 0 Å². The lowest BCUT2D eigenvalue weighted by molar-refractivity contribution is -0.152. The van der Waals surface area contributed by atoms with Crippen molar-refractivity contribution in [1.82, 2.24) is 20.1 Å². The molecule has 2 aliphatic carbocycles. The summed E-state index contributed by atoms with van der Waals surface area (Å²) in [7, 11) is 5.42. The molecule has 1 saturated carbocycles. The van der Waals surface area contributed by atoms with E-state index in [4.69, 9.17) is 23.9 Å². The SMILES string of the molecule is CCCCCc1c(O[C@@H]2C[C@@H](C(=O)OC)N(C(=O)[C@@H](NC(=O)O[C@@H]3CC3C)C3Cc4ccccc4C3)C2)nc2ccccc2c1OCCCN(C)C. The number of nitrogens with one attached hydrogen (secondary N) is 1. The molecule has 1 unspecified atom stereocenters. The van der Waals surface area contributed by atoms with Gasteiger partial charge < -0.3 is 34.1 Å². The molecule has 11 nitrogen and oxygen atoms in total. The van der Waals surface area contributed by atoms with Gasteiger partial charge in [0, 0.05) is 18.4 Å². The Labute approximate surface area is 307 Å². The highest BCUT2D eigenvalue weighted by Crippen LogP contribution is 2.39. The van der Waals surface area contributed by atoms with Crippen LogP contribution in [-0.4, -0.2) is 97.9 Å². The van der Waals surface area contributed by atoms with E-state index >= 15 is 0 Å². The van der Waals surface area contributed by atoms with Gasteiger partial charge in [-0.15, -0.1) is 0 Å². The number of carbonyl (C=O) groups is 3. The van der Waals surface area contributed by atoms with Gasteiger partial charge in [-0.25, -0.2) is 14.6 Å². The number of hydrogen-bond acceptors (Lipinski definition) is 9. The number of esters is 1. The van der Waals surface area contributed by atoms with Crippen molar-refractivity contribution in [2.75, 3.05) is 40.9 Å². The number of para-hydroxylation sites is 1. The number of nitrogens with zero attached hydrogens (tertiary/aromatic N) is 3. The minimum absolute atomic E-state index is 0.132. The topological polar surface area (TPSA) is 120 Å². The number of carbonyl (C=O) groups excluding carboxylic acids is 3. The van der Waals surface area contributed by atoms with Crippen molar-refractivity contribution < 1.29 is 33.3 Å². The van der Waals surface area contributed by atoms with Crippen LogP contribution >= 0.6 is 0 Å². The first-order chi connectivity index (χ1) is 25.2. The van der Waals surface area contributed by atoms with Crippen molar-refractivity contribution in [2.45, 2.75) is 95.9 Å². The lowest BCUT2D eigenvalue weighted by Crippen LogP contribution is -2.55. The predicted molar refractivity (Wildman–Crippen MR) is 199 cm³/mol. The van der Waals surface area contributed by atoms with Crippen molar-refractivity contribution in [3.8, 4) is 11.6 Å². The minimum Gasteiger partial charge on any atom is -0.492 e. The first-order valence-electron chi connectivity index (χ1n) is 18.9. The maximum absolute atomic E-state index is 14.6. The molecule has 2 fully saturated rings. The number of fused-ring (bicyclic) bond motifs is 2. The number of methoxy groups -OCH3 is 1. The fourth-order valence-corrected chi connectivity index (χ4v) is 7.57. The summed E-state index contributed by atoms with van der Waals surface area (Å²) in [6.07, 6.45) is 5.61. The Bertz CT molecular complexity index is 1710. The van der Waals surface area contributed by atoms with Crippen LogP contribution in [0.4, 0.5) is 4.79 Å². The Morgan fingerprint density at radius 3 is 2.38 bits per heavy atom. The van der Waals surface area contributed by atoms with Crippen LogP contribution in [0.1, 0.15) is 69.1 Å². The normalized spacial score (nSPS) is 21.5. The summed E-state index contributed by atoms with van der Waals surface area (Å²) in [5.74, 6) is 0.464. The zero-order chi connectivity index (χ0) is 36.8. The van der Waals surface area contributed by atoms with Crippen LogP contribution in [0.25, 0.3) is 10.9 Å². The van der Waals surface area contributed by atoms with E-state index in [1.54, 1.807) is 0 Å². The zero-order valence-corrected chi connectivity index (χ0v) is 31.3. The highest BCUT2D eigenvalue weighted by molar-refractivity contribution is 5.91. The molecule has 3 aromatic rings. The Hall–Kier alpha value is -4.38. The third-order valence-electron chi connectivity index (χ3n) is 10.6. The molecule has 0 spiro atoms. The highest BCUT2D eigenvalue weighted by atomic mass is 16.6. The van der Waals surface area contributed by atoms with E-state index < -0.39 is 30.3 Å². The van der Waals surface area contributed by atoms with Crippen molar-refractivity contribution in [3.05, 3.63) is 65.2 Å². The molecule has 280 valence electrons. The second-order valence-corrected chi connectivity index (χ2v) is 14.9. The van der Waals surface area contributed by atoms with Crippen LogP contribution in [0.5, 0.6) is 11.6 Å². The maximum Gasteiger partial charge on any atom is 0.408 e. The number of likely N-dealkylation sites (tertiary alicyclic amines) is 1. The van der Waals surface area contributed by atoms with Gasteiger partial charge in [0.1, 0.15) is 30.0 Å². The highest BCUT2D eigenvalue weighted by Gasteiger charge is 2.47. The average molecular weight is 715 g/mol. The number of hydrogen-bond donors (Lipinski definition) is 1. The van der Waals surface area contributed by atoms with E-state index in [1.165, 1.54) is 12.0 Å². The molecular formula is C41H54N4O7. The van der Waals surface area contributed by atoms with E-state index in [-0.39, 0.29) is 30.9 Å². The fraction of sp³-hybridized carbons (Fsp3) is 0.561. The minimum atomic E-state index is -0.898. The van der Waals surface area contributed by atoms with Gasteiger partial charge in [0.25, 0.3) is 0 Å². The first kappa shape index (κ1) is 37.4. The summed E-state index contributed by atoms with van der Waals surface area (Å²) in [6.45, 7) is 5.78. The van der Waals surface area contributed by atoms with Crippen molar-refractivity contribution in [2.24, 2.45) is 11.8 Å². The van der Waals surface area contributed by atoms with Crippen LogP contribution in [-0.2, 0) is 38.3 Å². The number of pyridine rings is 1. The van der Waals surface area contributed by atoms with Gasteiger partial charge >= 0.3 is 12.1 Å². The van der Waals surface area contributed by atoms with Gasteiger partial charge in [-0.1, -0.05) is 63.1 Å². The molecule has 11 heteroatoms. The number of benzene rings is 2. The molecule has 2 aromatic carbocycles. The number of alkyl carbamates (subject to hydrolysis) is 1. The second-order valence-electron chi connectivity index (χ2n) is 14.9. The van der Waals surface area contributed by atoms with E-state index in [2.05, 4.69) is 29.3 Å². The average Bonchev–Trinajstić information content (AvgIpc) is 3.47. The Morgan fingerprint density at radius 1 is 1.00 bits per heavy atom. The van der Waals surface area contributed by atoms with E-state index in [0.29, 0.717) is 31.2 Å². The van der Waals surface area contributed by atoms with Gasteiger partial charge in [0.15, 0.2) is 0 Å². The van der Waals surface area contributed by atoms with Crippen molar-refractivity contribution in [3.63, 3.8) is 0 Å². The van der Waals surface area contributed by atoms with Crippen LogP contribution in [0.3, 0.4) is 0 Å². The lowest BCUT2D eigenvalue weighted by Gasteiger charge is -2.30. The quantitative estimate of drug-likeness (QED) is 0.146. The third kappa shape index (κ3) is 8.80. The van der Waals surface area contributed by atoms with Crippen molar-refractivity contribution in [1.29, 1.82) is 0 Å². The van der Waals surface area contributed by atoms with Gasteiger partial charge in [0.2, 0.25) is 11.8 Å². The summed E-state index contributed by atoms with van der Waals surface area (Å²) in [6, 6.07) is 14.2. The van der Waals surface area contributed by atoms with Gasteiger partial charge in [-0.3, -0.25) is 4.79 Å².